The van der Waals surface area contributed by atoms with Gasteiger partial charge in [0.2, 0.25) is 0 Å². The minimum absolute atomic E-state index is 0. The van der Waals surface area contributed by atoms with Crippen molar-refractivity contribution in [3.63, 3.8) is 0 Å². The smallest absolute Gasteiger partial charge is 0.427 e. The summed E-state index contributed by atoms with van der Waals surface area (Å²) in [6, 6.07) is 0. The first-order chi connectivity index (χ1) is 1.73. The van der Waals surface area contributed by atoms with E-state index < -0.39 is 7.12 Å². The zero-order valence-electron chi connectivity index (χ0n) is 3.05. The fourth-order valence-corrected chi connectivity index (χ4v) is 0. The van der Waals surface area contributed by atoms with E-state index in [-0.39, 0.29) is 8.41 Å². The SMILES string of the molecule is CB(O)O.[B]. The molecule has 0 rings (SSSR count). The first-order valence-electron chi connectivity index (χ1n) is 1.09. The van der Waals surface area contributed by atoms with E-state index in [0.29, 0.717) is 0 Å². The first kappa shape index (κ1) is 8.90. The number of hydrogen-bond donors (Lipinski definition) is 2. The van der Waals surface area contributed by atoms with Crippen molar-refractivity contribution in [2.75, 3.05) is 0 Å². The van der Waals surface area contributed by atoms with E-state index >= 15 is 0 Å². The lowest BCUT2D eigenvalue weighted by Crippen LogP contribution is -2.00. The maximum Gasteiger partial charge on any atom is 0.448 e. The molecule has 0 unspecified atom stereocenters. The van der Waals surface area contributed by atoms with Crippen molar-refractivity contribution < 1.29 is 10.0 Å². The summed E-state index contributed by atoms with van der Waals surface area (Å²) in [5.74, 6) is 0. The lowest BCUT2D eigenvalue weighted by molar-refractivity contribution is 0.417. The maximum absolute atomic E-state index is 7.61. The van der Waals surface area contributed by atoms with Gasteiger partial charge in [-0.1, -0.05) is 0 Å². The van der Waals surface area contributed by atoms with Gasteiger partial charge in [-0.05, 0) is 6.82 Å². The molecule has 2 nitrogen and oxygen atoms in total. The molecule has 4 heteroatoms. The quantitative estimate of drug-likeness (QED) is 0.348. The third-order valence-electron chi connectivity index (χ3n) is 0. The van der Waals surface area contributed by atoms with Crippen molar-refractivity contribution in [3.05, 3.63) is 0 Å². The van der Waals surface area contributed by atoms with Crippen LogP contribution in [-0.4, -0.2) is 25.6 Å². The Kier molecular flexibility index (Phi) is 7.21. The molecule has 0 amide bonds. The molecule has 0 aliphatic rings. The van der Waals surface area contributed by atoms with E-state index in [1.54, 1.807) is 0 Å². The summed E-state index contributed by atoms with van der Waals surface area (Å²) in [5.41, 5.74) is 0. The predicted molar refractivity (Wildman–Crippen MR) is 21.8 cm³/mol. The Balaban J connectivity index is 0. The van der Waals surface area contributed by atoms with E-state index in [1.165, 1.54) is 6.82 Å². The molecule has 0 atom stereocenters. The van der Waals surface area contributed by atoms with Crippen LogP contribution in [0.15, 0.2) is 0 Å². The molecule has 0 aliphatic carbocycles. The van der Waals surface area contributed by atoms with Crippen LogP contribution in [0.2, 0.25) is 6.82 Å². The van der Waals surface area contributed by atoms with Crippen molar-refractivity contribution in [2.24, 2.45) is 0 Å². The second kappa shape index (κ2) is 4.05. The molecule has 0 spiro atoms. The van der Waals surface area contributed by atoms with E-state index in [2.05, 4.69) is 0 Å². The molecule has 0 fully saturated rings. The summed E-state index contributed by atoms with van der Waals surface area (Å²) in [6.45, 7) is 1.28. The molecule has 0 saturated heterocycles. The Labute approximate surface area is 33.5 Å². The van der Waals surface area contributed by atoms with Gasteiger partial charge < -0.3 is 10.0 Å². The van der Waals surface area contributed by atoms with Gasteiger partial charge in [0.05, 0.1) is 0 Å². The summed E-state index contributed by atoms with van der Waals surface area (Å²) in [6.07, 6.45) is 0. The largest absolute Gasteiger partial charge is 0.448 e. The second-order valence-electron chi connectivity index (χ2n) is 0.632. The molecule has 0 bridgehead atoms. The Bertz CT molecular complexity index is 12.4. The molecule has 0 heterocycles. The van der Waals surface area contributed by atoms with E-state index in [0.717, 1.165) is 0 Å². The van der Waals surface area contributed by atoms with Crippen LogP contribution in [-0.2, 0) is 0 Å². The van der Waals surface area contributed by atoms with Gasteiger partial charge in [-0.3, -0.25) is 0 Å². The molecule has 0 aromatic rings. The Morgan fingerprint density at radius 1 is 1.40 bits per heavy atom. The zero-order valence-corrected chi connectivity index (χ0v) is 3.05. The van der Waals surface area contributed by atoms with Crippen molar-refractivity contribution in [1.82, 2.24) is 0 Å². The van der Waals surface area contributed by atoms with Crippen molar-refractivity contribution in [3.8, 4) is 0 Å². The third kappa shape index (κ3) is 6840. The summed E-state index contributed by atoms with van der Waals surface area (Å²) in [4.78, 5) is 0. The highest BCUT2D eigenvalue weighted by Gasteiger charge is 1.86. The van der Waals surface area contributed by atoms with Crippen LogP contribution >= 0.6 is 0 Å². The van der Waals surface area contributed by atoms with Crippen LogP contribution in [0.25, 0.3) is 0 Å². The number of rotatable bonds is 0. The Hall–Kier alpha value is 0.0499. The van der Waals surface area contributed by atoms with E-state index in [4.69, 9.17) is 10.0 Å². The van der Waals surface area contributed by atoms with Gasteiger partial charge >= 0.3 is 7.12 Å². The van der Waals surface area contributed by atoms with Crippen molar-refractivity contribution in [2.45, 2.75) is 6.82 Å². The summed E-state index contributed by atoms with van der Waals surface area (Å²) in [7, 11) is -1.17. The van der Waals surface area contributed by atoms with Gasteiger partial charge in [-0.15, -0.1) is 0 Å². The highest BCUT2D eigenvalue weighted by Crippen LogP contribution is 1.51. The fraction of sp³-hybridized carbons (Fsp3) is 1.00. The fourth-order valence-electron chi connectivity index (χ4n) is 0. The van der Waals surface area contributed by atoms with Crippen LogP contribution in [0.5, 0.6) is 0 Å². The van der Waals surface area contributed by atoms with Crippen LogP contribution in [0, 0.1) is 0 Å². The van der Waals surface area contributed by atoms with Crippen LogP contribution in [0.1, 0.15) is 0 Å². The van der Waals surface area contributed by atoms with Gasteiger partial charge in [0, 0.05) is 8.41 Å². The summed E-state index contributed by atoms with van der Waals surface area (Å²) >= 11 is 0. The van der Waals surface area contributed by atoms with Crippen molar-refractivity contribution in [1.29, 1.82) is 0 Å². The molecular weight excluding hydrogens is 65.6 g/mol. The minimum atomic E-state index is -1.17. The van der Waals surface area contributed by atoms with E-state index in [1.807, 2.05) is 0 Å². The standard InChI is InChI=1S/CH5BO2.B/c1-2(3)4;/h3-4H,1H3;. The molecular formula is CH5B2O2. The first-order valence-corrected chi connectivity index (χ1v) is 1.09. The topological polar surface area (TPSA) is 40.5 Å². The Morgan fingerprint density at radius 3 is 1.40 bits per heavy atom. The highest BCUT2D eigenvalue weighted by molar-refractivity contribution is 6.38. The van der Waals surface area contributed by atoms with Crippen LogP contribution in [0.3, 0.4) is 0 Å². The predicted octanol–water partition coefficient (Wildman–Crippen LogP) is -1.29. The molecule has 0 aromatic heterocycles. The third-order valence-corrected chi connectivity index (χ3v) is 0. The zero-order chi connectivity index (χ0) is 3.58. The van der Waals surface area contributed by atoms with Gasteiger partial charge in [0.1, 0.15) is 0 Å². The average Bonchev–Trinajstić information content (AvgIpc) is 0.811. The van der Waals surface area contributed by atoms with Gasteiger partial charge in [0.15, 0.2) is 0 Å². The normalized spacial score (nSPS) is 5.40. The molecule has 5 heavy (non-hydrogen) atoms. The Morgan fingerprint density at radius 2 is 1.40 bits per heavy atom. The molecule has 0 aliphatic heterocycles. The molecule has 2 N–H and O–H groups in total. The van der Waals surface area contributed by atoms with Crippen molar-refractivity contribution >= 4 is 15.5 Å². The van der Waals surface area contributed by atoms with Crippen LogP contribution < -0.4 is 0 Å². The summed E-state index contributed by atoms with van der Waals surface area (Å²) < 4.78 is 0. The van der Waals surface area contributed by atoms with E-state index in [9.17, 15) is 0 Å². The van der Waals surface area contributed by atoms with Crippen LogP contribution in [0.4, 0.5) is 0 Å². The maximum atomic E-state index is 7.61. The minimum Gasteiger partial charge on any atom is -0.427 e. The van der Waals surface area contributed by atoms with Gasteiger partial charge in [-0.2, -0.15) is 0 Å². The lowest BCUT2D eigenvalue weighted by Gasteiger charge is -1.71. The highest BCUT2D eigenvalue weighted by atomic mass is 16.4. The lowest BCUT2D eigenvalue weighted by atomic mass is 9.99. The molecule has 3 radical (unpaired) electrons. The second-order valence-corrected chi connectivity index (χ2v) is 0.632. The van der Waals surface area contributed by atoms with Gasteiger partial charge in [0.25, 0.3) is 0 Å². The summed E-state index contributed by atoms with van der Waals surface area (Å²) in [5, 5.41) is 15.2. The molecule has 27 valence electrons. The molecule has 0 saturated carbocycles. The van der Waals surface area contributed by atoms with Gasteiger partial charge in [-0.25, -0.2) is 0 Å². The monoisotopic (exact) mass is 71.0 g/mol. The average molecular weight is 70.7 g/mol. The molecule has 0 aromatic carbocycles. The number of hydrogen-bond acceptors (Lipinski definition) is 2.